The fourth-order valence-electron chi connectivity index (χ4n) is 3.87. The molecule has 1 saturated heterocycles. The molecular formula is C22H25N3O3. The smallest absolute Gasteiger partial charge is 0.227 e. The molecule has 0 spiro atoms. The molecule has 6 nitrogen and oxygen atoms in total. The lowest BCUT2D eigenvalue weighted by Crippen LogP contribution is -2.40. The standard InChI is InChI=1S/C22H25N3O3/c1-27-19-10-9-15(12-20(19)28-2)13-21(26)25-11-5-6-16(14-25)22-23-17-7-3-4-8-18(17)24-22/h3-4,7-10,12,16H,5-6,11,13-14H2,1-2H3,(H,23,24). The van der Waals surface area contributed by atoms with E-state index in [-0.39, 0.29) is 11.8 Å². The van der Waals surface area contributed by atoms with Crippen LogP contribution in [0.3, 0.4) is 0 Å². The van der Waals surface area contributed by atoms with E-state index in [0.717, 1.165) is 41.8 Å². The first-order valence-corrected chi connectivity index (χ1v) is 9.61. The predicted octanol–water partition coefficient (Wildman–Crippen LogP) is 3.53. The van der Waals surface area contributed by atoms with Crippen molar-refractivity contribution in [3.05, 3.63) is 53.9 Å². The first kappa shape index (κ1) is 18.3. The van der Waals surface area contributed by atoms with Crippen molar-refractivity contribution in [3.63, 3.8) is 0 Å². The van der Waals surface area contributed by atoms with Gasteiger partial charge in [-0.3, -0.25) is 4.79 Å². The lowest BCUT2D eigenvalue weighted by atomic mass is 9.96. The van der Waals surface area contributed by atoms with Crippen molar-refractivity contribution in [1.29, 1.82) is 0 Å². The molecule has 0 saturated carbocycles. The van der Waals surface area contributed by atoms with Gasteiger partial charge in [-0.2, -0.15) is 0 Å². The Morgan fingerprint density at radius 2 is 2.00 bits per heavy atom. The number of piperidine rings is 1. The van der Waals surface area contributed by atoms with E-state index in [1.54, 1.807) is 14.2 Å². The second-order valence-electron chi connectivity index (χ2n) is 7.18. The number of aromatic nitrogens is 2. The predicted molar refractivity (Wildman–Crippen MR) is 108 cm³/mol. The summed E-state index contributed by atoms with van der Waals surface area (Å²) in [7, 11) is 3.21. The van der Waals surface area contributed by atoms with Crippen molar-refractivity contribution in [1.82, 2.24) is 14.9 Å². The van der Waals surface area contributed by atoms with Crippen LogP contribution in [-0.2, 0) is 11.2 Å². The molecule has 4 rings (SSSR count). The number of fused-ring (bicyclic) bond motifs is 1. The summed E-state index contributed by atoms with van der Waals surface area (Å²) in [6.07, 6.45) is 2.38. The maximum Gasteiger partial charge on any atom is 0.227 e. The third-order valence-corrected chi connectivity index (χ3v) is 5.37. The summed E-state index contributed by atoms with van der Waals surface area (Å²) in [6, 6.07) is 13.7. The molecule has 0 bridgehead atoms. The lowest BCUT2D eigenvalue weighted by molar-refractivity contribution is -0.131. The zero-order valence-electron chi connectivity index (χ0n) is 16.3. The third kappa shape index (κ3) is 3.67. The molecule has 6 heteroatoms. The van der Waals surface area contributed by atoms with Gasteiger partial charge in [0.1, 0.15) is 5.82 Å². The lowest BCUT2D eigenvalue weighted by Gasteiger charge is -2.32. The molecule has 0 radical (unpaired) electrons. The van der Waals surface area contributed by atoms with Gasteiger partial charge in [0.05, 0.1) is 31.7 Å². The normalized spacial score (nSPS) is 16.9. The van der Waals surface area contributed by atoms with Crippen LogP contribution in [0.2, 0.25) is 0 Å². The van der Waals surface area contributed by atoms with Gasteiger partial charge in [0.25, 0.3) is 0 Å². The molecule has 1 aromatic heterocycles. The minimum Gasteiger partial charge on any atom is -0.493 e. The Kier molecular flexibility index (Phi) is 5.19. The summed E-state index contributed by atoms with van der Waals surface area (Å²) in [6.45, 7) is 1.49. The number of hydrogen-bond acceptors (Lipinski definition) is 4. The second kappa shape index (κ2) is 7.92. The highest BCUT2D eigenvalue weighted by Crippen LogP contribution is 2.29. The van der Waals surface area contributed by atoms with E-state index in [0.29, 0.717) is 24.5 Å². The number of amides is 1. The number of aromatic amines is 1. The van der Waals surface area contributed by atoms with Gasteiger partial charge in [-0.15, -0.1) is 0 Å². The van der Waals surface area contributed by atoms with Gasteiger partial charge in [-0.05, 0) is 42.7 Å². The van der Waals surface area contributed by atoms with Crippen LogP contribution in [0.1, 0.15) is 30.1 Å². The molecule has 3 aromatic rings. The molecule has 28 heavy (non-hydrogen) atoms. The monoisotopic (exact) mass is 379 g/mol. The van der Waals surface area contributed by atoms with Crippen molar-refractivity contribution in [2.75, 3.05) is 27.3 Å². The summed E-state index contributed by atoms with van der Waals surface area (Å²) < 4.78 is 10.6. The number of ether oxygens (including phenoxy) is 2. The first-order valence-electron chi connectivity index (χ1n) is 9.61. The number of rotatable bonds is 5. The SMILES string of the molecule is COc1ccc(CC(=O)N2CCCC(c3nc4ccccc4[nH]3)C2)cc1OC. The molecule has 1 unspecified atom stereocenters. The Balaban J connectivity index is 1.46. The number of nitrogens with zero attached hydrogens (tertiary/aromatic N) is 2. The van der Waals surface area contributed by atoms with E-state index >= 15 is 0 Å². The van der Waals surface area contributed by atoms with Crippen LogP contribution in [0, 0.1) is 0 Å². The van der Waals surface area contributed by atoms with Crippen LogP contribution in [0.15, 0.2) is 42.5 Å². The summed E-state index contributed by atoms with van der Waals surface area (Å²) in [5.74, 6) is 2.67. The van der Waals surface area contributed by atoms with Crippen molar-refractivity contribution in [3.8, 4) is 11.5 Å². The van der Waals surface area contributed by atoms with Gasteiger partial charge in [-0.1, -0.05) is 18.2 Å². The molecule has 1 atom stereocenters. The maximum absolute atomic E-state index is 12.9. The fourth-order valence-corrected chi connectivity index (χ4v) is 3.87. The number of likely N-dealkylation sites (tertiary alicyclic amines) is 1. The van der Waals surface area contributed by atoms with Gasteiger partial charge in [-0.25, -0.2) is 4.98 Å². The highest BCUT2D eigenvalue weighted by atomic mass is 16.5. The first-order chi connectivity index (χ1) is 13.7. The van der Waals surface area contributed by atoms with Gasteiger partial charge >= 0.3 is 0 Å². The molecule has 146 valence electrons. The van der Waals surface area contributed by atoms with Crippen molar-refractivity contribution < 1.29 is 14.3 Å². The molecule has 0 aliphatic carbocycles. The van der Waals surface area contributed by atoms with Crippen LogP contribution in [0.4, 0.5) is 0 Å². The number of carbonyl (C=O) groups excluding carboxylic acids is 1. The van der Waals surface area contributed by atoms with E-state index in [2.05, 4.69) is 4.98 Å². The fraction of sp³-hybridized carbons (Fsp3) is 0.364. The van der Waals surface area contributed by atoms with Crippen LogP contribution >= 0.6 is 0 Å². The summed E-state index contributed by atoms with van der Waals surface area (Å²) in [4.78, 5) is 23.0. The molecule has 2 heterocycles. The Labute approximate surface area is 164 Å². The summed E-state index contributed by atoms with van der Waals surface area (Å²) >= 11 is 0. The molecule has 1 fully saturated rings. The van der Waals surface area contributed by atoms with Crippen molar-refractivity contribution in [2.45, 2.75) is 25.2 Å². The van der Waals surface area contributed by atoms with Crippen LogP contribution in [-0.4, -0.2) is 48.1 Å². The molecule has 1 aliphatic heterocycles. The van der Waals surface area contributed by atoms with Crippen LogP contribution in [0.5, 0.6) is 11.5 Å². The maximum atomic E-state index is 12.9. The number of methoxy groups -OCH3 is 2. The second-order valence-corrected chi connectivity index (χ2v) is 7.18. The van der Waals surface area contributed by atoms with Crippen molar-refractivity contribution in [2.24, 2.45) is 0 Å². The van der Waals surface area contributed by atoms with E-state index in [4.69, 9.17) is 14.5 Å². The highest BCUT2D eigenvalue weighted by Gasteiger charge is 2.27. The number of carbonyl (C=O) groups is 1. The Morgan fingerprint density at radius 1 is 1.18 bits per heavy atom. The number of hydrogen-bond donors (Lipinski definition) is 1. The Bertz CT molecular complexity index is 949. The number of nitrogens with one attached hydrogen (secondary N) is 1. The summed E-state index contributed by atoms with van der Waals surface area (Å²) in [5.41, 5.74) is 2.95. The van der Waals surface area contributed by atoms with Crippen LogP contribution in [0.25, 0.3) is 11.0 Å². The molecule has 1 aliphatic rings. The quantitative estimate of drug-likeness (QED) is 0.736. The van der Waals surface area contributed by atoms with Gasteiger partial charge in [0.15, 0.2) is 11.5 Å². The average molecular weight is 379 g/mol. The third-order valence-electron chi connectivity index (χ3n) is 5.37. The largest absolute Gasteiger partial charge is 0.493 e. The summed E-state index contributed by atoms with van der Waals surface area (Å²) in [5, 5.41) is 0. The number of benzene rings is 2. The van der Waals surface area contributed by atoms with E-state index in [9.17, 15) is 4.79 Å². The Hall–Kier alpha value is -3.02. The van der Waals surface area contributed by atoms with E-state index < -0.39 is 0 Å². The molecule has 2 aromatic carbocycles. The number of para-hydroxylation sites is 2. The Morgan fingerprint density at radius 3 is 2.79 bits per heavy atom. The molecular weight excluding hydrogens is 354 g/mol. The van der Waals surface area contributed by atoms with E-state index in [1.165, 1.54) is 0 Å². The number of imidazole rings is 1. The van der Waals surface area contributed by atoms with Gasteiger partial charge in [0, 0.05) is 19.0 Å². The molecule has 1 N–H and O–H groups in total. The zero-order valence-corrected chi connectivity index (χ0v) is 16.3. The van der Waals surface area contributed by atoms with Gasteiger partial charge in [0.2, 0.25) is 5.91 Å². The minimum atomic E-state index is 0.132. The average Bonchev–Trinajstić information content (AvgIpc) is 3.18. The minimum absolute atomic E-state index is 0.132. The topological polar surface area (TPSA) is 67.5 Å². The van der Waals surface area contributed by atoms with E-state index in [1.807, 2.05) is 47.4 Å². The van der Waals surface area contributed by atoms with Crippen LogP contribution < -0.4 is 9.47 Å². The number of H-pyrrole nitrogens is 1. The highest BCUT2D eigenvalue weighted by molar-refractivity contribution is 5.79. The molecule has 1 amide bonds. The van der Waals surface area contributed by atoms with Gasteiger partial charge < -0.3 is 19.4 Å². The van der Waals surface area contributed by atoms with Crippen molar-refractivity contribution >= 4 is 16.9 Å². The zero-order chi connectivity index (χ0) is 19.5.